The predicted molar refractivity (Wildman–Crippen MR) is 97.4 cm³/mol. The number of carbonyl (C=O) groups excluding carboxylic acids is 1. The summed E-state index contributed by atoms with van der Waals surface area (Å²) in [5.41, 5.74) is 4.06. The molecule has 0 bridgehead atoms. The molecule has 0 N–H and O–H groups in total. The second-order valence-electron chi connectivity index (χ2n) is 6.72. The number of aryl methyl sites for hydroxylation is 1. The minimum absolute atomic E-state index is 0.0936. The van der Waals surface area contributed by atoms with Crippen LogP contribution in [-0.4, -0.2) is 38.2 Å². The van der Waals surface area contributed by atoms with Gasteiger partial charge in [-0.1, -0.05) is 30.3 Å². The highest BCUT2D eigenvalue weighted by Crippen LogP contribution is 2.26. The van der Waals surface area contributed by atoms with Gasteiger partial charge in [0.2, 0.25) is 0 Å². The molecule has 2 aromatic heterocycles. The smallest absolute Gasteiger partial charge is 0.270 e. The molecule has 1 saturated heterocycles. The van der Waals surface area contributed by atoms with Crippen molar-refractivity contribution in [2.24, 2.45) is 7.05 Å². The fourth-order valence-corrected chi connectivity index (χ4v) is 3.56. The SMILES string of the molecule is Cc1cnn(C2CCN(C(=O)c3ccc(-c4ccccc4)n3C)C2)c1. The fourth-order valence-electron chi connectivity index (χ4n) is 3.56. The Morgan fingerprint density at radius 3 is 2.68 bits per heavy atom. The normalized spacial score (nSPS) is 17.2. The van der Waals surface area contributed by atoms with Gasteiger partial charge in [0, 0.05) is 32.0 Å². The highest BCUT2D eigenvalue weighted by molar-refractivity contribution is 5.94. The Morgan fingerprint density at radius 1 is 1.16 bits per heavy atom. The van der Waals surface area contributed by atoms with E-state index in [1.165, 1.54) is 0 Å². The minimum Gasteiger partial charge on any atom is -0.340 e. The van der Waals surface area contributed by atoms with E-state index in [0.29, 0.717) is 6.54 Å². The summed E-state index contributed by atoms with van der Waals surface area (Å²) >= 11 is 0. The van der Waals surface area contributed by atoms with Crippen molar-refractivity contribution in [3.8, 4) is 11.3 Å². The van der Waals surface area contributed by atoms with Crippen LogP contribution in [0.3, 0.4) is 0 Å². The number of likely N-dealkylation sites (tertiary alicyclic amines) is 1. The van der Waals surface area contributed by atoms with E-state index in [-0.39, 0.29) is 11.9 Å². The number of aromatic nitrogens is 3. The van der Waals surface area contributed by atoms with Crippen molar-refractivity contribution in [3.63, 3.8) is 0 Å². The number of carbonyl (C=O) groups is 1. The van der Waals surface area contributed by atoms with Crippen LogP contribution in [0.2, 0.25) is 0 Å². The third-order valence-electron chi connectivity index (χ3n) is 4.97. The fraction of sp³-hybridized carbons (Fsp3) is 0.300. The van der Waals surface area contributed by atoms with Crippen molar-refractivity contribution >= 4 is 5.91 Å². The summed E-state index contributed by atoms with van der Waals surface area (Å²) in [4.78, 5) is 14.9. The molecule has 0 aliphatic carbocycles. The van der Waals surface area contributed by atoms with Crippen molar-refractivity contribution in [2.45, 2.75) is 19.4 Å². The largest absolute Gasteiger partial charge is 0.340 e. The summed E-state index contributed by atoms with van der Waals surface area (Å²) < 4.78 is 3.98. The first kappa shape index (κ1) is 15.7. The van der Waals surface area contributed by atoms with Crippen molar-refractivity contribution in [3.05, 3.63) is 66.1 Å². The quantitative estimate of drug-likeness (QED) is 0.738. The molecule has 1 aromatic carbocycles. The first-order valence-electron chi connectivity index (χ1n) is 8.64. The molecule has 1 aliphatic rings. The molecule has 1 unspecified atom stereocenters. The summed E-state index contributed by atoms with van der Waals surface area (Å²) in [6, 6.07) is 14.4. The van der Waals surface area contributed by atoms with E-state index >= 15 is 0 Å². The average molecular weight is 334 g/mol. The summed E-state index contributed by atoms with van der Waals surface area (Å²) in [5, 5.41) is 4.40. The standard InChI is InChI=1S/C20H22N4O/c1-15-12-21-24(13-15)17-10-11-23(14-17)20(25)19-9-8-18(22(19)2)16-6-4-3-5-7-16/h3-9,12-13,17H,10-11,14H2,1-2H3. The molecular formula is C20H22N4O. The zero-order chi connectivity index (χ0) is 17.4. The van der Waals surface area contributed by atoms with Crippen molar-refractivity contribution < 1.29 is 4.79 Å². The van der Waals surface area contributed by atoms with Crippen LogP contribution in [-0.2, 0) is 7.05 Å². The first-order valence-corrected chi connectivity index (χ1v) is 8.64. The van der Waals surface area contributed by atoms with Crippen molar-refractivity contribution in [2.75, 3.05) is 13.1 Å². The zero-order valence-corrected chi connectivity index (χ0v) is 14.6. The molecule has 25 heavy (non-hydrogen) atoms. The lowest BCUT2D eigenvalue weighted by atomic mass is 10.2. The highest BCUT2D eigenvalue weighted by Gasteiger charge is 2.29. The Balaban J connectivity index is 1.53. The second-order valence-corrected chi connectivity index (χ2v) is 6.72. The molecule has 5 heteroatoms. The van der Waals surface area contributed by atoms with Crippen LogP contribution in [0.5, 0.6) is 0 Å². The van der Waals surface area contributed by atoms with Crippen LogP contribution in [0.4, 0.5) is 0 Å². The minimum atomic E-state index is 0.0936. The molecule has 0 saturated carbocycles. The Labute approximate surface area is 147 Å². The van der Waals surface area contributed by atoms with Crippen LogP contribution in [0.1, 0.15) is 28.5 Å². The van der Waals surface area contributed by atoms with Crippen LogP contribution in [0, 0.1) is 6.92 Å². The van der Waals surface area contributed by atoms with Crippen LogP contribution in [0.25, 0.3) is 11.3 Å². The molecule has 3 aromatic rings. The lowest BCUT2D eigenvalue weighted by Crippen LogP contribution is -2.30. The van der Waals surface area contributed by atoms with Crippen molar-refractivity contribution in [1.29, 1.82) is 0 Å². The van der Waals surface area contributed by atoms with Gasteiger partial charge in [0.15, 0.2) is 0 Å². The van der Waals surface area contributed by atoms with Gasteiger partial charge < -0.3 is 9.47 Å². The van der Waals surface area contributed by atoms with Gasteiger partial charge in [-0.25, -0.2) is 0 Å². The molecule has 0 spiro atoms. The van der Waals surface area contributed by atoms with E-state index in [0.717, 1.165) is 35.5 Å². The maximum atomic E-state index is 13.0. The van der Waals surface area contributed by atoms with E-state index in [4.69, 9.17) is 0 Å². The molecule has 4 rings (SSSR count). The van der Waals surface area contributed by atoms with Gasteiger partial charge in [0.1, 0.15) is 5.69 Å². The molecule has 5 nitrogen and oxygen atoms in total. The van der Waals surface area contributed by atoms with E-state index in [1.54, 1.807) is 0 Å². The topological polar surface area (TPSA) is 43.1 Å². The highest BCUT2D eigenvalue weighted by atomic mass is 16.2. The number of nitrogens with zero attached hydrogens (tertiary/aromatic N) is 4. The van der Waals surface area contributed by atoms with Crippen molar-refractivity contribution in [1.82, 2.24) is 19.2 Å². The molecule has 1 atom stereocenters. The molecular weight excluding hydrogens is 312 g/mol. The van der Waals surface area contributed by atoms with Gasteiger partial charge >= 0.3 is 0 Å². The van der Waals surface area contributed by atoms with Gasteiger partial charge in [-0.3, -0.25) is 9.48 Å². The van der Waals surface area contributed by atoms with Crippen LogP contribution >= 0.6 is 0 Å². The summed E-state index contributed by atoms with van der Waals surface area (Å²) in [6.45, 7) is 3.52. The van der Waals surface area contributed by atoms with Gasteiger partial charge in [-0.2, -0.15) is 5.10 Å². The Hall–Kier alpha value is -2.82. The number of rotatable bonds is 3. The number of hydrogen-bond donors (Lipinski definition) is 0. The Kier molecular flexibility index (Phi) is 3.92. The summed E-state index contributed by atoms with van der Waals surface area (Å²) in [5.74, 6) is 0.0936. The first-order chi connectivity index (χ1) is 12.1. The van der Waals surface area contributed by atoms with Gasteiger partial charge in [0.05, 0.1) is 12.2 Å². The molecule has 3 heterocycles. The van der Waals surface area contributed by atoms with Gasteiger partial charge in [0.25, 0.3) is 5.91 Å². The van der Waals surface area contributed by atoms with E-state index < -0.39 is 0 Å². The molecule has 0 radical (unpaired) electrons. The maximum Gasteiger partial charge on any atom is 0.270 e. The summed E-state index contributed by atoms with van der Waals surface area (Å²) in [7, 11) is 1.96. The number of benzene rings is 1. The monoisotopic (exact) mass is 334 g/mol. The second kappa shape index (κ2) is 6.24. The molecule has 1 fully saturated rings. The van der Waals surface area contributed by atoms with E-state index in [1.807, 2.05) is 64.6 Å². The Morgan fingerprint density at radius 2 is 1.96 bits per heavy atom. The van der Waals surface area contributed by atoms with Crippen LogP contribution in [0.15, 0.2) is 54.9 Å². The van der Waals surface area contributed by atoms with E-state index in [9.17, 15) is 4.79 Å². The molecule has 128 valence electrons. The van der Waals surface area contributed by atoms with E-state index in [2.05, 4.69) is 23.4 Å². The average Bonchev–Trinajstić information content (AvgIpc) is 3.34. The van der Waals surface area contributed by atoms with Crippen LogP contribution < -0.4 is 0 Å². The van der Waals surface area contributed by atoms with Gasteiger partial charge in [-0.15, -0.1) is 0 Å². The zero-order valence-electron chi connectivity index (χ0n) is 14.6. The molecule has 1 amide bonds. The summed E-state index contributed by atoms with van der Waals surface area (Å²) in [6.07, 6.45) is 4.87. The number of amides is 1. The third kappa shape index (κ3) is 2.86. The third-order valence-corrected chi connectivity index (χ3v) is 4.97. The maximum absolute atomic E-state index is 13.0. The van der Waals surface area contributed by atoms with Gasteiger partial charge in [-0.05, 0) is 36.6 Å². The number of hydrogen-bond acceptors (Lipinski definition) is 2. The predicted octanol–water partition coefficient (Wildman–Crippen LogP) is 3.28. The lowest BCUT2D eigenvalue weighted by molar-refractivity contribution is 0.0778. The lowest BCUT2D eigenvalue weighted by Gasteiger charge is -2.17. The Bertz CT molecular complexity index is 894. The molecule has 1 aliphatic heterocycles.